The molecule has 2 atom stereocenters. The minimum Gasteiger partial charge on any atom is -0.545 e. The van der Waals surface area contributed by atoms with E-state index >= 15 is 0 Å². The van der Waals surface area contributed by atoms with Crippen LogP contribution in [0.2, 0.25) is 0 Å². The molecule has 0 aliphatic heterocycles. The average Bonchev–Trinajstić information content (AvgIpc) is 2.40. The Labute approximate surface area is 600 Å². The fraction of sp³-hybridized carbons (Fsp3) is 0.966. The summed E-state index contributed by atoms with van der Waals surface area (Å²) in [6.07, 6.45) is 95.6. The molecule has 0 aromatic carbocycles. The van der Waals surface area contributed by atoms with Crippen LogP contribution in [-0.2, 0) is 33.3 Å². The summed E-state index contributed by atoms with van der Waals surface area (Å²) in [5.41, 5.74) is 0. The predicted molar refractivity (Wildman–Crippen MR) is 413 cm³/mol. The minimum absolute atomic E-state index is 0.154. The molecule has 0 saturated carbocycles. The number of carbonyl (C=O) groups excluding carboxylic acids is 3. The van der Waals surface area contributed by atoms with Crippen LogP contribution < -0.4 is 5.11 Å². The molecule has 96 heavy (non-hydrogen) atoms. The summed E-state index contributed by atoms with van der Waals surface area (Å²) in [5.74, 6) is -2.24. The van der Waals surface area contributed by atoms with Crippen molar-refractivity contribution >= 4 is 17.9 Å². The zero-order valence-corrected chi connectivity index (χ0v) is 65.8. The number of esters is 2. The monoisotopic (exact) mass is 1360 g/mol. The summed E-state index contributed by atoms with van der Waals surface area (Å²) in [4.78, 5) is 37.6. The molecule has 0 radical (unpaired) electrons. The second-order valence-corrected chi connectivity index (χ2v) is 31.6. The van der Waals surface area contributed by atoms with Gasteiger partial charge in [0.05, 0.1) is 40.3 Å². The number of rotatable bonds is 84. The van der Waals surface area contributed by atoms with Gasteiger partial charge in [-0.15, -0.1) is 0 Å². The molecule has 572 valence electrons. The number of unbranched alkanes of at least 4 members (excludes halogenated alkanes) is 69. The van der Waals surface area contributed by atoms with E-state index in [1.54, 1.807) is 0 Å². The van der Waals surface area contributed by atoms with Gasteiger partial charge in [-0.2, -0.15) is 0 Å². The predicted octanol–water partition coefficient (Wildman–Crippen LogP) is 26.8. The van der Waals surface area contributed by atoms with Crippen LogP contribution in [0.25, 0.3) is 0 Å². The second-order valence-electron chi connectivity index (χ2n) is 31.6. The van der Waals surface area contributed by atoms with Gasteiger partial charge in [-0.05, 0) is 12.8 Å². The molecule has 0 aromatic rings. The molecule has 0 amide bonds. The molecule has 0 aliphatic carbocycles. The number of aliphatic carboxylic acids is 1. The third-order valence-electron chi connectivity index (χ3n) is 20.6. The Bertz CT molecular complexity index is 1530. The van der Waals surface area contributed by atoms with Gasteiger partial charge in [-0.3, -0.25) is 9.59 Å². The van der Waals surface area contributed by atoms with Crippen LogP contribution in [0.4, 0.5) is 0 Å². The standard InChI is InChI=1S/C87H171NO8/c1-6-8-10-12-14-16-18-20-22-24-26-28-30-32-34-36-38-40-41-42-43-44-45-46-48-50-52-54-56-58-60-62-64-66-68-70-72-74-76-78-85(90)96-83(82-95-87(86(91)92)93-80-79-88(3,4)5)81-94-84(89)77-75-73-71-69-67-65-63-61-59-57-55-53-51-49-47-39-37-35-33-31-29-27-25-23-21-19-17-15-13-11-9-7-2/h83,87H,6-82H2,1-5H3. The number of quaternary nitrogens is 1. The number of carbonyl (C=O) groups is 3. The number of hydrogen-bond acceptors (Lipinski definition) is 8. The number of nitrogens with zero attached hydrogens (tertiary/aromatic N) is 1. The van der Waals surface area contributed by atoms with Crippen LogP contribution in [0.5, 0.6) is 0 Å². The van der Waals surface area contributed by atoms with Crippen molar-refractivity contribution in [3.63, 3.8) is 0 Å². The van der Waals surface area contributed by atoms with Gasteiger partial charge >= 0.3 is 11.9 Å². The molecule has 0 N–H and O–H groups in total. The molecule has 0 bridgehead atoms. The van der Waals surface area contributed by atoms with Gasteiger partial charge < -0.3 is 33.3 Å². The Morgan fingerprint density at radius 2 is 0.469 bits per heavy atom. The van der Waals surface area contributed by atoms with Gasteiger partial charge in [0.2, 0.25) is 0 Å². The molecule has 0 aromatic heterocycles. The summed E-state index contributed by atoms with van der Waals surface area (Å²) in [6.45, 7) is 4.86. The molecular weight excluding hydrogens is 1190 g/mol. The lowest BCUT2D eigenvalue weighted by Gasteiger charge is -2.26. The van der Waals surface area contributed by atoms with E-state index in [1.165, 1.54) is 417 Å². The summed E-state index contributed by atoms with van der Waals surface area (Å²) >= 11 is 0. The van der Waals surface area contributed by atoms with E-state index in [9.17, 15) is 19.5 Å². The highest BCUT2D eigenvalue weighted by Gasteiger charge is 2.22. The van der Waals surface area contributed by atoms with Crippen molar-refractivity contribution in [2.45, 2.75) is 495 Å². The van der Waals surface area contributed by atoms with E-state index in [-0.39, 0.29) is 32.2 Å². The van der Waals surface area contributed by atoms with Crippen molar-refractivity contribution in [1.82, 2.24) is 0 Å². The molecule has 0 heterocycles. The van der Waals surface area contributed by atoms with E-state index in [0.717, 1.165) is 38.5 Å². The van der Waals surface area contributed by atoms with Crippen LogP contribution in [0.15, 0.2) is 0 Å². The second kappa shape index (κ2) is 79.0. The van der Waals surface area contributed by atoms with Crippen LogP contribution in [0.3, 0.4) is 0 Å². The molecule has 0 rings (SSSR count). The molecule has 0 aliphatic rings. The van der Waals surface area contributed by atoms with Crippen molar-refractivity contribution in [3.05, 3.63) is 0 Å². The highest BCUT2D eigenvalue weighted by Crippen LogP contribution is 2.22. The lowest BCUT2D eigenvalue weighted by atomic mass is 10.0. The van der Waals surface area contributed by atoms with Crippen molar-refractivity contribution in [2.24, 2.45) is 0 Å². The van der Waals surface area contributed by atoms with E-state index in [0.29, 0.717) is 17.4 Å². The lowest BCUT2D eigenvalue weighted by Crippen LogP contribution is -2.44. The van der Waals surface area contributed by atoms with E-state index < -0.39 is 24.3 Å². The van der Waals surface area contributed by atoms with Crippen molar-refractivity contribution in [3.8, 4) is 0 Å². The fourth-order valence-electron chi connectivity index (χ4n) is 14.0. The topological polar surface area (TPSA) is 111 Å². The SMILES string of the molecule is CCCCCCCCCCCCCCCCCCCCCCCCCCCCCCCCCCCCCCCCCC(=O)OC(COC(=O)CCCCCCCCCCCCCCCCCCCCCCCCCCCCCCCCCC)COC(OCC[N+](C)(C)C)C(=O)[O-]. The largest absolute Gasteiger partial charge is 0.545 e. The Balaban J connectivity index is 3.89. The summed E-state index contributed by atoms with van der Waals surface area (Å²) in [7, 11) is 5.96. The van der Waals surface area contributed by atoms with Crippen molar-refractivity contribution < 1.29 is 42.9 Å². The van der Waals surface area contributed by atoms with Crippen molar-refractivity contribution in [1.29, 1.82) is 0 Å². The summed E-state index contributed by atoms with van der Waals surface area (Å²) in [6, 6.07) is 0. The van der Waals surface area contributed by atoms with Gasteiger partial charge in [0.15, 0.2) is 12.4 Å². The van der Waals surface area contributed by atoms with Crippen LogP contribution in [-0.4, -0.2) is 82.3 Å². The Morgan fingerprint density at radius 1 is 0.271 bits per heavy atom. The summed E-state index contributed by atoms with van der Waals surface area (Å²) < 4.78 is 22.9. The number of hydrogen-bond donors (Lipinski definition) is 0. The third-order valence-corrected chi connectivity index (χ3v) is 20.6. The first-order chi connectivity index (χ1) is 47.1. The third kappa shape index (κ3) is 79.6. The zero-order valence-electron chi connectivity index (χ0n) is 65.8. The number of carboxylic acids is 1. The quantitative estimate of drug-likeness (QED) is 0.0256. The molecule has 0 saturated heterocycles. The summed E-state index contributed by atoms with van der Waals surface area (Å²) in [5, 5.41) is 11.9. The molecular formula is C87H171NO8. The van der Waals surface area contributed by atoms with Gasteiger partial charge in [0.25, 0.3) is 0 Å². The smallest absolute Gasteiger partial charge is 0.306 e. The highest BCUT2D eigenvalue weighted by atomic mass is 16.7. The maximum atomic E-state index is 13.0. The maximum absolute atomic E-state index is 13.0. The van der Waals surface area contributed by atoms with Gasteiger partial charge in [0.1, 0.15) is 13.2 Å². The average molecular weight is 1360 g/mol. The zero-order chi connectivity index (χ0) is 69.7. The van der Waals surface area contributed by atoms with E-state index in [2.05, 4.69) is 13.8 Å². The molecule has 0 fully saturated rings. The normalized spacial score (nSPS) is 12.5. The van der Waals surface area contributed by atoms with Gasteiger partial charge in [-0.1, -0.05) is 457 Å². The Hall–Kier alpha value is -1.71. The number of likely N-dealkylation sites (N-methyl/N-ethyl adjacent to an activating group) is 1. The number of carboxylic acid groups (broad SMARTS) is 1. The van der Waals surface area contributed by atoms with Crippen LogP contribution >= 0.6 is 0 Å². The molecule has 9 nitrogen and oxygen atoms in total. The van der Waals surface area contributed by atoms with Gasteiger partial charge in [-0.25, -0.2) is 0 Å². The minimum atomic E-state index is -1.62. The Morgan fingerprint density at radius 3 is 0.667 bits per heavy atom. The number of ether oxygens (including phenoxy) is 4. The maximum Gasteiger partial charge on any atom is 0.306 e. The lowest BCUT2D eigenvalue weighted by molar-refractivity contribution is -0.870. The fourth-order valence-corrected chi connectivity index (χ4v) is 14.0. The van der Waals surface area contributed by atoms with Crippen LogP contribution in [0.1, 0.15) is 483 Å². The molecule has 2 unspecified atom stereocenters. The van der Waals surface area contributed by atoms with E-state index in [4.69, 9.17) is 18.9 Å². The first kappa shape index (κ1) is 94.3. The van der Waals surface area contributed by atoms with Crippen molar-refractivity contribution in [2.75, 3.05) is 47.5 Å². The van der Waals surface area contributed by atoms with Gasteiger partial charge in [0, 0.05) is 12.8 Å². The highest BCUT2D eigenvalue weighted by molar-refractivity contribution is 5.70. The van der Waals surface area contributed by atoms with Crippen LogP contribution in [0, 0.1) is 0 Å². The molecule has 9 heteroatoms. The first-order valence-electron chi connectivity index (χ1n) is 43.7. The molecule has 0 spiro atoms. The Kier molecular flexibility index (Phi) is 77.6. The first-order valence-corrected chi connectivity index (χ1v) is 43.7. The van der Waals surface area contributed by atoms with E-state index in [1.807, 2.05) is 21.1 Å².